The van der Waals surface area contributed by atoms with Crippen molar-refractivity contribution < 1.29 is 0 Å². The highest BCUT2D eigenvalue weighted by molar-refractivity contribution is 9.11. The van der Waals surface area contributed by atoms with E-state index in [0.717, 1.165) is 17.6 Å². The molecule has 0 spiro atoms. The van der Waals surface area contributed by atoms with E-state index in [-0.39, 0.29) is 0 Å². The number of nitrogens with zero attached hydrogens (tertiary/aromatic N) is 1. The van der Waals surface area contributed by atoms with Gasteiger partial charge in [-0.05, 0) is 63.1 Å². The molecule has 1 aliphatic rings. The van der Waals surface area contributed by atoms with Gasteiger partial charge in [0.05, 0.1) is 0 Å². The van der Waals surface area contributed by atoms with Crippen molar-refractivity contribution in [2.45, 2.75) is 32.2 Å². The first-order valence-corrected chi connectivity index (χ1v) is 8.71. The van der Waals surface area contributed by atoms with Gasteiger partial charge in [0.15, 0.2) is 0 Å². The molecule has 4 heteroatoms. The molecule has 1 heterocycles. The highest BCUT2D eigenvalue weighted by Crippen LogP contribution is 2.21. The second kappa shape index (κ2) is 8.40. The summed E-state index contributed by atoms with van der Waals surface area (Å²) in [6.07, 6.45) is 5.44. The number of piperidine rings is 1. The van der Waals surface area contributed by atoms with Crippen LogP contribution in [0.25, 0.3) is 0 Å². The molecule has 106 valence electrons. The zero-order valence-corrected chi connectivity index (χ0v) is 14.5. The number of hydrogen-bond acceptors (Lipinski definition) is 2. The van der Waals surface area contributed by atoms with E-state index in [0.29, 0.717) is 0 Å². The minimum atomic E-state index is 0.938. The molecule has 1 aliphatic heterocycles. The van der Waals surface area contributed by atoms with Gasteiger partial charge >= 0.3 is 0 Å². The van der Waals surface area contributed by atoms with Crippen molar-refractivity contribution in [3.63, 3.8) is 0 Å². The summed E-state index contributed by atoms with van der Waals surface area (Å²) in [5, 5.41) is 3.53. The van der Waals surface area contributed by atoms with Crippen LogP contribution in [0.1, 0.15) is 31.2 Å². The zero-order valence-electron chi connectivity index (χ0n) is 11.3. The lowest BCUT2D eigenvalue weighted by molar-refractivity contribution is 0.225. The second-order valence-corrected chi connectivity index (χ2v) is 6.94. The van der Waals surface area contributed by atoms with Gasteiger partial charge in [0.2, 0.25) is 0 Å². The fraction of sp³-hybridized carbons (Fsp3) is 0.600. The minimum absolute atomic E-state index is 0.938. The quantitative estimate of drug-likeness (QED) is 0.734. The smallest absolute Gasteiger partial charge is 0.0231 e. The van der Waals surface area contributed by atoms with Crippen LogP contribution in [0.15, 0.2) is 27.1 Å². The fourth-order valence-corrected chi connectivity index (χ4v) is 3.69. The van der Waals surface area contributed by atoms with Crippen molar-refractivity contribution in [1.29, 1.82) is 0 Å². The highest BCUT2D eigenvalue weighted by atomic mass is 79.9. The number of hydrogen-bond donors (Lipinski definition) is 1. The van der Waals surface area contributed by atoms with Crippen LogP contribution in [0.2, 0.25) is 0 Å². The standard InChI is InChI=1S/C15H22Br2N2/c16-14-6-5-13(15(17)11-14)12-18-7-4-10-19-8-2-1-3-9-19/h5-6,11,18H,1-4,7-10,12H2. The van der Waals surface area contributed by atoms with Crippen LogP contribution in [0.3, 0.4) is 0 Å². The summed E-state index contributed by atoms with van der Waals surface area (Å²) in [4.78, 5) is 2.60. The zero-order chi connectivity index (χ0) is 13.5. The van der Waals surface area contributed by atoms with Gasteiger partial charge in [0.1, 0.15) is 0 Å². The van der Waals surface area contributed by atoms with Crippen molar-refractivity contribution in [3.8, 4) is 0 Å². The molecule has 1 saturated heterocycles. The summed E-state index contributed by atoms with van der Waals surface area (Å²) < 4.78 is 2.29. The lowest BCUT2D eigenvalue weighted by Crippen LogP contribution is -2.32. The molecule has 0 saturated carbocycles. The first-order chi connectivity index (χ1) is 9.25. The van der Waals surface area contributed by atoms with E-state index in [1.165, 1.54) is 55.4 Å². The Morgan fingerprint density at radius 1 is 1.11 bits per heavy atom. The molecule has 0 amide bonds. The molecule has 1 N–H and O–H groups in total. The third-order valence-electron chi connectivity index (χ3n) is 3.61. The Labute approximate surface area is 133 Å². The van der Waals surface area contributed by atoms with Crippen LogP contribution in [0.4, 0.5) is 0 Å². The average molecular weight is 390 g/mol. The van der Waals surface area contributed by atoms with Crippen molar-refractivity contribution in [2.24, 2.45) is 0 Å². The molecular formula is C15H22Br2N2. The van der Waals surface area contributed by atoms with Crippen LogP contribution in [-0.2, 0) is 6.54 Å². The third kappa shape index (κ3) is 5.54. The number of halogens is 2. The predicted octanol–water partition coefficient (Wildman–Crippen LogP) is 4.18. The molecule has 0 unspecified atom stereocenters. The van der Waals surface area contributed by atoms with Crippen molar-refractivity contribution in [2.75, 3.05) is 26.2 Å². The maximum Gasteiger partial charge on any atom is 0.0231 e. The van der Waals surface area contributed by atoms with Gasteiger partial charge in [-0.3, -0.25) is 0 Å². The van der Waals surface area contributed by atoms with Crippen molar-refractivity contribution in [3.05, 3.63) is 32.7 Å². The lowest BCUT2D eigenvalue weighted by Gasteiger charge is -2.26. The van der Waals surface area contributed by atoms with Gasteiger partial charge in [-0.1, -0.05) is 44.3 Å². The van der Waals surface area contributed by atoms with Gasteiger partial charge in [-0.2, -0.15) is 0 Å². The molecule has 0 aromatic heterocycles. The summed E-state index contributed by atoms with van der Waals surface area (Å²) in [5.41, 5.74) is 1.32. The van der Waals surface area contributed by atoms with Crippen LogP contribution in [0.5, 0.6) is 0 Å². The molecule has 19 heavy (non-hydrogen) atoms. The van der Waals surface area contributed by atoms with Crippen LogP contribution in [0, 0.1) is 0 Å². The molecule has 0 aliphatic carbocycles. The van der Waals surface area contributed by atoms with Gasteiger partial charge in [0.25, 0.3) is 0 Å². The highest BCUT2D eigenvalue weighted by Gasteiger charge is 2.08. The molecule has 1 aromatic rings. The SMILES string of the molecule is Brc1ccc(CNCCCN2CCCCC2)c(Br)c1. The molecule has 0 radical (unpaired) electrons. The van der Waals surface area contributed by atoms with Gasteiger partial charge in [-0.25, -0.2) is 0 Å². The summed E-state index contributed by atoms with van der Waals surface area (Å²) in [6.45, 7) is 5.89. The molecule has 1 fully saturated rings. The van der Waals surface area contributed by atoms with Gasteiger partial charge in [-0.15, -0.1) is 0 Å². The second-order valence-electron chi connectivity index (χ2n) is 5.17. The Hall–Kier alpha value is 0.1000. The minimum Gasteiger partial charge on any atom is -0.313 e. The molecular weight excluding hydrogens is 368 g/mol. The first kappa shape index (κ1) is 15.5. The van der Waals surface area contributed by atoms with Crippen LogP contribution in [-0.4, -0.2) is 31.1 Å². The van der Waals surface area contributed by atoms with E-state index < -0.39 is 0 Å². The van der Waals surface area contributed by atoms with E-state index in [9.17, 15) is 0 Å². The molecule has 2 rings (SSSR count). The van der Waals surface area contributed by atoms with Crippen LogP contribution < -0.4 is 5.32 Å². The Bertz CT molecular complexity index is 390. The Morgan fingerprint density at radius 3 is 2.63 bits per heavy atom. The van der Waals surface area contributed by atoms with E-state index in [2.05, 4.69) is 60.3 Å². The number of benzene rings is 1. The molecule has 2 nitrogen and oxygen atoms in total. The normalized spacial score (nSPS) is 16.7. The van der Waals surface area contributed by atoms with E-state index in [4.69, 9.17) is 0 Å². The number of likely N-dealkylation sites (tertiary alicyclic amines) is 1. The monoisotopic (exact) mass is 388 g/mol. The fourth-order valence-electron chi connectivity index (χ4n) is 2.50. The average Bonchev–Trinajstić information content (AvgIpc) is 2.42. The van der Waals surface area contributed by atoms with E-state index >= 15 is 0 Å². The van der Waals surface area contributed by atoms with Crippen molar-refractivity contribution in [1.82, 2.24) is 10.2 Å². The molecule has 0 bridgehead atoms. The predicted molar refractivity (Wildman–Crippen MR) is 88.5 cm³/mol. The summed E-state index contributed by atoms with van der Waals surface area (Å²) >= 11 is 7.08. The maximum atomic E-state index is 3.60. The van der Waals surface area contributed by atoms with Crippen LogP contribution >= 0.6 is 31.9 Å². The maximum absolute atomic E-state index is 3.60. The lowest BCUT2D eigenvalue weighted by atomic mass is 10.1. The van der Waals surface area contributed by atoms with E-state index in [1.54, 1.807) is 0 Å². The number of nitrogens with one attached hydrogen (secondary N) is 1. The van der Waals surface area contributed by atoms with Crippen molar-refractivity contribution >= 4 is 31.9 Å². The summed E-state index contributed by atoms with van der Waals surface area (Å²) in [7, 11) is 0. The topological polar surface area (TPSA) is 15.3 Å². The van der Waals surface area contributed by atoms with E-state index in [1.807, 2.05) is 0 Å². The molecule has 1 aromatic carbocycles. The molecule has 0 atom stereocenters. The largest absolute Gasteiger partial charge is 0.313 e. The third-order valence-corrected chi connectivity index (χ3v) is 4.84. The number of rotatable bonds is 6. The Kier molecular flexibility index (Phi) is 6.85. The summed E-state index contributed by atoms with van der Waals surface area (Å²) in [5.74, 6) is 0. The summed E-state index contributed by atoms with van der Waals surface area (Å²) in [6, 6.07) is 6.35. The van der Waals surface area contributed by atoms with Gasteiger partial charge in [0, 0.05) is 15.5 Å². The Morgan fingerprint density at radius 2 is 1.89 bits per heavy atom. The van der Waals surface area contributed by atoms with Gasteiger partial charge < -0.3 is 10.2 Å². The first-order valence-electron chi connectivity index (χ1n) is 7.13. The Balaban J connectivity index is 1.61.